The van der Waals surface area contributed by atoms with E-state index in [1.165, 1.54) is 0 Å². The van der Waals surface area contributed by atoms with Crippen molar-refractivity contribution in [3.8, 4) is 0 Å². The molecule has 82 valence electrons. The predicted molar refractivity (Wildman–Crippen MR) is 56.5 cm³/mol. The molecular formula is C10H15N3O2. The first-order chi connectivity index (χ1) is 7.09. The molecule has 1 atom stereocenters. The van der Waals surface area contributed by atoms with Crippen LogP contribution in [0.15, 0.2) is 18.5 Å². The zero-order valence-electron chi connectivity index (χ0n) is 8.84. The monoisotopic (exact) mass is 209 g/mol. The molecule has 0 saturated carbocycles. The molecule has 5 heteroatoms. The fourth-order valence-corrected chi connectivity index (χ4v) is 1.22. The molecule has 0 fully saturated rings. The molecular weight excluding hydrogens is 194 g/mol. The average molecular weight is 209 g/mol. The molecule has 2 N–H and O–H groups in total. The Morgan fingerprint density at radius 1 is 1.47 bits per heavy atom. The Morgan fingerprint density at radius 3 is 2.53 bits per heavy atom. The number of carbonyl (C=O) groups is 1. The predicted octanol–water partition coefficient (Wildman–Crippen LogP) is 1.39. The summed E-state index contributed by atoms with van der Waals surface area (Å²) in [6, 6.07) is 1.05. The van der Waals surface area contributed by atoms with Crippen LogP contribution < -0.4 is 5.32 Å². The topological polar surface area (TPSA) is 75.1 Å². The molecule has 1 rings (SSSR count). The van der Waals surface area contributed by atoms with Crippen LogP contribution in [0.3, 0.4) is 0 Å². The van der Waals surface area contributed by atoms with Gasteiger partial charge in [-0.25, -0.2) is 14.8 Å². The van der Waals surface area contributed by atoms with Crippen LogP contribution in [0.5, 0.6) is 0 Å². The van der Waals surface area contributed by atoms with Gasteiger partial charge in [0.2, 0.25) is 5.95 Å². The molecule has 0 spiro atoms. The third-order valence-corrected chi connectivity index (χ3v) is 1.87. The molecule has 1 unspecified atom stereocenters. The second-order valence-electron chi connectivity index (χ2n) is 3.74. The van der Waals surface area contributed by atoms with Gasteiger partial charge in [0.15, 0.2) is 0 Å². The number of carboxylic acids is 1. The van der Waals surface area contributed by atoms with Crippen molar-refractivity contribution in [3.05, 3.63) is 18.5 Å². The number of hydrogen-bond acceptors (Lipinski definition) is 4. The summed E-state index contributed by atoms with van der Waals surface area (Å²) in [6.45, 7) is 3.95. The van der Waals surface area contributed by atoms with Crippen molar-refractivity contribution in [2.75, 3.05) is 5.32 Å². The van der Waals surface area contributed by atoms with E-state index >= 15 is 0 Å². The van der Waals surface area contributed by atoms with Gasteiger partial charge in [-0.05, 0) is 18.4 Å². The maximum absolute atomic E-state index is 10.9. The van der Waals surface area contributed by atoms with Crippen molar-refractivity contribution in [1.82, 2.24) is 9.97 Å². The summed E-state index contributed by atoms with van der Waals surface area (Å²) in [5, 5.41) is 11.8. The zero-order valence-corrected chi connectivity index (χ0v) is 8.84. The number of aliphatic carboxylic acids is 1. The SMILES string of the molecule is CC(C)CC(Nc1ncccn1)C(=O)O. The normalized spacial score (nSPS) is 12.5. The Morgan fingerprint density at radius 2 is 2.07 bits per heavy atom. The first kappa shape index (κ1) is 11.4. The highest BCUT2D eigenvalue weighted by Crippen LogP contribution is 2.09. The minimum atomic E-state index is -0.879. The van der Waals surface area contributed by atoms with Crippen molar-refractivity contribution in [3.63, 3.8) is 0 Å². The highest BCUT2D eigenvalue weighted by Gasteiger charge is 2.19. The number of nitrogens with one attached hydrogen (secondary N) is 1. The third kappa shape index (κ3) is 3.93. The quantitative estimate of drug-likeness (QED) is 0.766. The zero-order chi connectivity index (χ0) is 11.3. The molecule has 1 aromatic heterocycles. The summed E-state index contributed by atoms with van der Waals surface area (Å²) in [5.41, 5.74) is 0. The average Bonchev–Trinajstić information content (AvgIpc) is 2.17. The van der Waals surface area contributed by atoms with Gasteiger partial charge in [-0.3, -0.25) is 0 Å². The Bertz CT molecular complexity index is 314. The number of hydrogen-bond donors (Lipinski definition) is 2. The van der Waals surface area contributed by atoms with Crippen molar-refractivity contribution >= 4 is 11.9 Å². The molecule has 0 amide bonds. The number of rotatable bonds is 5. The summed E-state index contributed by atoms with van der Waals surface area (Å²) < 4.78 is 0. The molecule has 5 nitrogen and oxygen atoms in total. The summed E-state index contributed by atoms with van der Waals surface area (Å²) in [4.78, 5) is 18.8. The molecule has 0 aliphatic carbocycles. The van der Waals surface area contributed by atoms with Crippen LogP contribution in [-0.4, -0.2) is 27.1 Å². The van der Waals surface area contributed by atoms with E-state index in [1.807, 2.05) is 13.8 Å². The summed E-state index contributed by atoms with van der Waals surface area (Å²) in [7, 11) is 0. The lowest BCUT2D eigenvalue weighted by atomic mass is 10.0. The van der Waals surface area contributed by atoms with Crippen molar-refractivity contribution in [1.29, 1.82) is 0 Å². The van der Waals surface area contributed by atoms with E-state index in [0.29, 0.717) is 18.3 Å². The summed E-state index contributed by atoms with van der Waals surface area (Å²) in [5.74, 6) is -0.219. The smallest absolute Gasteiger partial charge is 0.326 e. The van der Waals surface area contributed by atoms with Gasteiger partial charge in [0.25, 0.3) is 0 Å². The maximum atomic E-state index is 10.9. The molecule has 0 aliphatic rings. The van der Waals surface area contributed by atoms with Crippen molar-refractivity contribution in [2.24, 2.45) is 5.92 Å². The fraction of sp³-hybridized carbons (Fsp3) is 0.500. The maximum Gasteiger partial charge on any atom is 0.326 e. The molecule has 0 aromatic carbocycles. The van der Waals surface area contributed by atoms with Crippen LogP contribution in [0.25, 0.3) is 0 Å². The summed E-state index contributed by atoms with van der Waals surface area (Å²) >= 11 is 0. The number of carboxylic acid groups (broad SMARTS) is 1. The minimum Gasteiger partial charge on any atom is -0.480 e. The van der Waals surface area contributed by atoms with E-state index in [-0.39, 0.29) is 0 Å². The van der Waals surface area contributed by atoms with E-state index in [1.54, 1.807) is 18.5 Å². The highest BCUT2D eigenvalue weighted by atomic mass is 16.4. The Labute approximate surface area is 88.6 Å². The van der Waals surface area contributed by atoms with Crippen molar-refractivity contribution < 1.29 is 9.90 Å². The third-order valence-electron chi connectivity index (χ3n) is 1.87. The van der Waals surface area contributed by atoms with Crippen LogP contribution in [-0.2, 0) is 4.79 Å². The van der Waals surface area contributed by atoms with Gasteiger partial charge in [0.1, 0.15) is 6.04 Å². The van der Waals surface area contributed by atoms with E-state index in [4.69, 9.17) is 5.11 Å². The number of aromatic nitrogens is 2. The molecule has 0 bridgehead atoms. The molecule has 15 heavy (non-hydrogen) atoms. The molecule has 0 radical (unpaired) electrons. The highest BCUT2D eigenvalue weighted by molar-refractivity contribution is 5.76. The van der Waals surface area contributed by atoms with Gasteiger partial charge in [-0.15, -0.1) is 0 Å². The van der Waals surface area contributed by atoms with E-state index in [2.05, 4.69) is 15.3 Å². The Hall–Kier alpha value is -1.65. The Balaban J connectivity index is 2.63. The largest absolute Gasteiger partial charge is 0.480 e. The van der Waals surface area contributed by atoms with Gasteiger partial charge < -0.3 is 10.4 Å². The van der Waals surface area contributed by atoms with E-state index in [0.717, 1.165) is 0 Å². The van der Waals surface area contributed by atoms with Crippen LogP contribution in [0.4, 0.5) is 5.95 Å². The second kappa shape index (κ2) is 5.29. The molecule has 0 saturated heterocycles. The first-order valence-corrected chi connectivity index (χ1v) is 4.86. The number of nitrogens with zero attached hydrogens (tertiary/aromatic N) is 2. The van der Waals surface area contributed by atoms with Gasteiger partial charge in [-0.2, -0.15) is 0 Å². The molecule has 1 aromatic rings. The van der Waals surface area contributed by atoms with Gasteiger partial charge in [0.05, 0.1) is 0 Å². The minimum absolute atomic E-state index is 0.308. The first-order valence-electron chi connectivity index (χ1n) is 4.86. The van der Waals surface area contributed by atoms with Gasteiger partial charge in [0, 0.05) is 12.4 Å². The second-order valence-corrected chi connectivity index (χ2v) is 3.74. The standard InChI is InChI=1S/C10H15N3O2/c1-7(2)6-8(9(14)15)13-10-11-4-3-5-12-10/h3-5,7-8H,6H2,1-2H3,(H,14,15)(H,11,12,13). The van der Waals surface area contributed by atoms with Crippen LogP contribution in [0, 0.1) is 5.92 Å². The number of anilines is 1. The molecule has 0 aliphatic heterocycles. The lowest BCUT2D eigenvalue weighted by molar-refractivity contribution is -0.138. The summed E-state index contributed by atoms with van der Waals surface area (Å²) in [6.07, 6.45) is 3.70. The lowest BCUT2D eigenvalue weighted by Crippen LogP contribution is -2.31. The van der Waals surface area contributed by atoms with Crippen LogP contribution in [0.1, 0.15) is 20.3 Å². The van der Waals surface area contributed by atoms with Crippen molar-refractivity contribution in [2.45, 2.75) is 26.3 Å². The lowest BCUT2D eigenvalue weighted by Gasteiger charge is -2.15. The van der Waals surface area contributed by atoms with Gasteiger partial charge in [-0.1, -0.05) is 13.8 Å². The fourth-order valence-electron chi connectivity index (χ4n) is 1.22. The van der Waals surface area contributed by atoms with E-state index < -0.39 is 12.0 Å². The van der Waals surface area contributed by atoms with Crippen LogP contribution in [0.2, 0.25) is 0 Å². The Kier molecular flexibility index (Phi) is 4.03. The van der Waals surface area contributed by atoms with Gasteiger partial charge >= 0.3 is 5.97 Å². The van der Waals surface area contributed by atoms with E-state index in [9.17, 15) is 4.79 Å². The molecule has 1 heterocycles. The van der Waals surface area contributed by atoms with Crippen LogP contribution >= 0.6 is 0 Å².